The largest absolute Gasteiger partial charge is 0.497 e. The Morgan fingerprint density at radius 1 is 1.33 bits per heavy atom. The van der Waals surface area contributed by atoms with Gasteiger partial charge in [0.2, 0.25) is 0 Å². The van der Waals surface area contributed by atoms with E-state index in [-0.39, 0.29) is 0 Å². The minimum absolute atomic E-state index is 0.308. The van der Waals surface area contributed by atoms with Crippen LogP contribution in [0.15, 0.2) is 24.3 Å². The Labute approximate surface area is 123 Å². The lowest BCUT2D eigenvalue weighted by molar-refractivity contribution is -0.141. The van der Waals surface area contributed by atoms with Gasteiger partial charge in [-0.2, -0.15) is 0 Å². The average Bonchev–Trinajstić information content (AvgIpc) is 2.44. The number of carboxylic acid groups (broad SMARTS) is 1. The van der Waals surface area contributed by atoms with Crippen LogP contribution >= 0.6 is 0 Å². The summed E-state index contributed by atoms with van der Waals surface area (Å²) in [5.74, 6) is -0.568. The Bertz CT molecular complexity index is 487. The molecule has 0 aliphatic rings. The quantitative estimate of drug-likeness (QED) is 0.716. The third-order valence-corrected chi connectivity index (χ3v) is 2.95. The predicted octanol–water partition coefficient (Wildman–Crippen LogP) is 0.671. The summed E-state index contributed by atoms with van der Waals surface area (Å²) in [5, 5.41) is 20.5. The van der Waals surface area contributed by atoms with E-state index in [1.54, 1.807) is 26.3 Å². The molecule has 0 saturated carbocycles. The number of aliphatic hydroxyl groups excluding tert-OH is 1. The number of nitrogens with zero attached hydrogens (tertiary/aromatic N) is 1. The second-order valence-corrected chi connectivity index (χ2v) is 4.71. The predicted molar refractivity (Wildman–Crippen MR) is 76.1 cm³/mol. The molecule has 0 heterocycles. The highest BCUT2D eigenvalue weighted by atomic mass is 16.5. The van der Waals surface area contributed by atoms with Crippen LogP contribution in [0, 0.1) is 0 Å². The van der Waals surface area contributed by atoms with Crippen LogP contribution in [0.5, 0.6) is 5.75 Å². The van der Waals surface area contributed by atoms with Gasteiger partial charge in [0.15, 0.2) is 6.04 Å². The monoisotopic (exact) mass is 296 g/mol. The fraction of sp³-hybridized carbons (Fsp3) is 0.429. The summed E-state index contributed by atoms with van der Waals surface area (Å²) < 4.78 is 5.04. The lowest BCUT2D eigenvalue weighted by atomic mass is 10.2. The van der Waals surface area contributed by atoms with Gasteiger partial charge in [0.1, 0.15) is 5.75 Å². The van der Waals surface area contributed by atoms with Gasteiger partial charge in [0.25, 0.3) is 0 Å². The van der Waals surface area contributed by atoms with Crippen LogP contribution in [-0.2, 0) is 11.3 Å². The van der Waals surface area contributed by atoms with E-state index in [0.29, 0.717) is 12.3 Å². The van der Waals surface area contributed by atoms with Crippen molar-refractivity contribution in [3.05, 3.63) is 29.8 Å². The summed E-state index contributed by atoms with van der Waals surface area (Å²) in [5.41, 5.74) is 0.873. The molecule has 0 radical (unpaired) electrons. The van der Waals surface area contributed by atoms with E-state index in [9.17, 15) is 14.7 Å². The van der Waals surface area contributed by atoms with Crippen LogP contribution in [-0.4, -0.2) is 53.4 Å². The van der Waals surface area contributed by atoms with Gasteiger partial charge in [-0.3, -0.25) is 0 Å². The molecule has 1 rings (SSSR count). The number of carbonyl (C=O) groups is 2. The first-order valence-electron chi connectivity index (χ1n) is 6.40. The van der Waals surface area contributed by atoms with Crippen molar-refractivity contribution in [3.8, 4) is 5.75 Å². The first-order valence-corrected chi connectivity index (χ1v) is 6.40. The van der Waals surface area contributed by atoms with E-state index >= 15 is 0 Å². The summed E-state index contributed by atoms with van der Waals surface area (Å²) in [6.45, 7) is 1.62. The molecule has 0 fully saturated rings. The highest BCUT2D eigenvalue weighted by Gasteiger charge is 2.26. The minimum Gasteiger partial charge on any atom is -0.497 e. The van der Waals surface area contributed by atoms with E-state index in [2.05, 4.69) is 5.32 Å². The molecule has 21 heavy (non-hydrogen) atoms. The summed E-state index contributed by atoms with van der Waals surface area (Å²) in [7, 11) is 3.11. The van der Waals surface area contributed by atoms with Crippen molar-refractivity contribution < 1.29 is 24.5 Å². The molecule has 3 N–H and O–H groups in total. The molecular weight excluding hydrogens is 276 g/mol. The molecule has 0 saturated heterocycles. The standard InChI is InChI=1S/C14H20N2O5/c1-9(17)12(13(18)19)15-14(20)16(2)8-10-4-6-11(21-3)7-5-10/h4-7,9,12,17H,8H2,1-3H3,(H,15,20)(H,18,19). The normalized spacial score (nSPS) is 13.1. The van der Waals surface area contributed by atoms with Crippen LogP contribution < -0.4 is 10.1 Å². The number of nitrogens with one attached hydrogen (secondary N) is 1. The van der Waals surface area contributed by atoms with Crippen LogP contribution in [0.25, 0.3) is 0 Å². The van der Waals surface area contributed by atoms with Crippen molar-refractivity contribution in [2.75, 3.05) is 14.2 Å². The first-order chi connectivity index (χ1) is 9.85. The molecule has 1 aromatic rings. The van der Waals surface area contributed by atoms with Crippen molar-refractivity contribution in [1.82, 2.24) is 10.2 Å². The van der Waals surface area contributed by atoms with Gasteiger partial charge in [-0.25, -0.2) is 9.59 Å². The lowest BCUT2D eigenvalue weighted by Gasteiger charge is -2.22. The topological polar surface area (TPSA) is 99.1 Å². The van der Waals surface area contributed by atoms with Gasteiger partial charge in [-0.05, 0) is 24.6 Å². The van der Waals surface area contributed by atoms with Gasteiger partial charge in [0, 0.05) is 13.6 Å². The molecule has 116 valence electrons. The van der Waals surface area contributed by atoms with Crippen molar-refractivity contribution >= 4 is 12.0 Å². The second-order valence-electron chi connectivity index (χ2n) is 4.71. The van der Waals surface area contributed by atoms with Gasteiger partial charge >= 0.3 is 12.0 Å². The van der Waals surface area contributed by atoms with E-state index in [0.717, 1.165) is 5.56 Å². The zero-order valence-electron chi connectivity index (χ0n) is 12.2. The summed E-state index contributed by atoms with van der Waals surface area (Å²) in [4.78, 5) is 24.2. The zero-order valence-corrected chi connectivity index (χ0v) is 12.2. The summed E-state index contributed by atoms with van der Waals surface area (Å²) in [6.07, 6.45) is -1.18. The van der Waals surface area contributed by atoms with Crippen LogP contribution in [0.2, 0.25) is 0 Å². The molecule has 0 aliphatic heterocycles. The second kappa shape index (κ2) is 7.49. The number of aliphatic hydroxyl groups is 1. The third-order valence-electron chi connectivity index (χ3n) is 2.95. The highest BCUT2D eigenvalue weighted by Crippen LogP contribution is 2.12. The van der Waals surface area contributed by atoms with Crippen LogP contribution in [0.1, 0.15) is 12.5 Å². The number of hydrogen-bond acceptors (Lipinski definition) is 4. The number of aliphatic carboxylic acids is 1. The fourth-order valence-corrected chi connectivity index (χ4v) is 1.71. The smallest absolute Gasteiger partial charge is 0.328 e. The molecule has 2 unspecified atom stereocenters. The van der Waals surface area contributed by atoms with Gasteiger partial charge in [0.05, 0.1) is 13.2 Å². The van der Waals surface area contributed by atoms with Crippen molar-refractivity contribution in [3.63, 3.8) is 0 Å². The zero-order chi connectivity index (χ0) is 16.0. The first kappa shape index (κ1) is 16.8. The Hall–Kier alpha value is -2.28. The lowest BCUT2D eigenvalue weighted by Crippen LogP contribution is -2.51. The Balaban J connectivity index is 2.63. The molecule has 1 aromatic carbocycles. The Morgan fingerprint density at radius 3 is 2.33 bits per heavy atom. The number of ether oxygens (including phenoxy) is 1. The molecule has 0 bridgehead atoms. The van der Waals surface area contributed by atoms with Gasteiger partial charge in [-0.1, -0.05) is 12.1 Å². The van der Waals surface area contributed by atoms with E-state index in [1.807, 2.05) is 12.1 Å². The number of carbonyl (C=O) groups excluding carboxylic acids is 1. The van der Waals surface area contributed by atoms with Crippen LogP contribution in [0.4, 0.5) is 4.79 Å². The maximum absolute atomic E-state index is 11.9. The highest BCUT2D eigenvalue weighted by molar-refractivity contribution is 5.82. The number of benzene rings is 1. The molecule has 0 spiro atoms. The maximum atomic E-state index is 11.9. The Kier molecular flexibility index (Phi) is 5.98. The summed E-state index contributed by atoms with van der Waals surface area (Å²) in [6, 6.07) is 5.26. The van der Waals surface area contributed by atoms with Crippen molar-refractivity contribution in [2.45, 2.75) is 25.6 Å². The fourth-order valence-electron chi connectivity index (χ4n) is 1.71. The average molecular weight is 296 g/mol. The molecule has 0 aromatic heterocycles. The number of rotatable bonds is 6. The maximum Gasteiger partial charge on any atom is 0.328 e. The molecule has 7 nitrogen and oxygen atoms in total. The van der Waals surface area contributed by atoms with E-state index < -0.39 is 24.1 Å². The van der Waals surface area contributed by atoms with Gasteiger partial charge in [-0.15, -0.1) is 0 Å². The number of amides is 2. The molecule has 0 aliphatic carbocycles. The Morgan fingerprint density at radius 2 is 1.90 bits per heavy atom. The molecule has 7 heteroatoms. The van der Waals surface area contributed by atoms with Crippen LogP contribution in [0.3, 0.4) is 0 Å². The summed E-state index contributed by atoms with van der Waals surface area (Å²) >= 11 is 0. The van der Waals surface area contributed by atoms with E-state index in [4.69, 9.17) is 9.84 Å². The van der Waals surface area contributed by atoms with Crippen molar-refractivity contribution in [1.29, 1.82) is 0 Å². The molecular formula is C14H20N2O5. The SMILES string of the molecule is COc1ccc(CN(C)C(=O)NC(C(=O)O)C(C)O)cc1. The van der Waals surface area contributed by atoms with Gasteiger partial charge < -0.3 is 25.2 Å². The minimum atomic E-state index is -1.34. The molecule has 2 amide bonds. The molecule has 2 atom stereocenters. The number of urea groups is 1. The number of methoxy groups -OCH3 is 1. The number of carboxylic acids is 1. The third kappa shape index (κ3) is 4.96. The van der Waals surface area contributed by atoms with E-state index in [1.165, 1.54) is 11.8 Å². The number of hydrogen-bond donors (Lipinski definition) is 3. The van der Waals surface area contributed by atoms with Crippen molar-refractivity contribution in [2.24, 2.45) is 0 Å².